The minimum Gasteiger partial charge on any atom is -0.446 e. The van der Waals surface area contributed by atoms with E-state index in [-0.39, 0.29) is 11.9 Å². The molecule has 3 atom stereocenters. The molecule has 0 radical (unpaired) electrons. The molecule has 3 unspecified atom stereocenters. The van der Waals surface area contributed by atoms with Gasteiger partial charge in [0.15, 0.2) is 0 Å². The largest absolute Gasteiger partial charge is 0.446 e. The fourth-order valence-electron chi connectivity index (χ4n) is 2.88. The Morgan fingerprint density at radius 1 is 1.45 bits per heavy atom. The van der Waals surface area contributed by atoms with Crippen molar-refractivity contribution in [3.05, 3.63) is 30.1 Å². The number of ether oxygens (including phenoxy) is 1. The molecule has 0 saturated heterocycles. The summed E-state index contributed by atoms with van der Waals surface area (Å²) in [7, 11) is 1.93. The summed E-state index contributed by atoms with van der Waals surface area (Å²) in [5.74, 6) is -0.0554. The number of hydrogen-bond donors (Lipinski definition) is 2. The van der Waals surface area contributed by atoms with E-state index in [1.165, 1.54) is 12.1 Å². The maximum absolute atomic E-state index is 13.0. The van der Waals surface area contributed by atoms with Crippen molar-refractivity contribution in [3.8, 4) is 0 Å². The van der Waals surface area contributed by atoms with E-state index in [9.17, 15) is 9.18 Å². The van der Waals surface area contributed by atoms with Crippen LogP contribution in [0.1, 0.15) is 26.2 Å². The number of rotatable bonds is 4. The SMILES string of the molecule is CNC1CCCC1C(C)OC(=O)Nc1cccc(F)c1. The van der Waals surface area contributed by atoms with Gasteiger partial charge in [-0.05, 0) is 45.0 Å². The fraction of sp³-hybridized carbons (Fsp3) is 0.533. The molecule has 0 spiro atoms. The molecule has 1 aliphatic rings. The second-order valence-electron chi connectivity index (χ2n) is 5.24. The molecule has 1 saturated carbocycles. The van der Waals surface area contributed by atoms with Crippen LogP contribution in [0.15, 0.2) is 24.3 Å². The minimum atomic E-state index is -0.537. The van der Waals surface area contributed by atoms with Crippen molar-refractivity contribution in [2.45, 2.75) is 38.3 Å². The molecule has 2 N–H and O–H groups in total. The van der Waals surface area contributed by atoms with Gasteiger partial charge in [0.2, 0.25) is 0 Å². The predicted molar refractivity (Wildman–Crippen MR) is 76.2 cm³/mol. The van der Waals surface area contributed by atoms with Crippen LogP contribution < -0.4 is 10.6 Å². The van der Waals surface area contributed by atoms with Crippen LogP contribution in [-0.4, -0.2) is 25.3 Å². The van der Waals surface area contributed by atoms with Crippen molar-refractivity contribution in [2.24, 2.45) is 5.92 Å². The van der Waals surface area contributed by atoms with Crippen LogP contribution in [0.25, 0.3) is 0 Å². The second-order valence-corrected chi connectivity index (χ2v) is 5.24. The number of carbonyl (C=O) groups is 1. The molecule has 1 aromatic rings. The summed E-state index contributed by atoms with van der Waals surface area (Å²) < 4.78 is 18.4. The Morgan fingerprint density at radius 3 is 2.95 bits per heavy atom. The Hall–Kier alpha value is -1.62. The van der Waals surface area contributed by atoms with Crippen LogP contribution >= 0.6 is 0 Å². The summed E-state index contributed by atoms with van der Waals surface area (Å²) in [5, 5.41) is 5.81. The van der Waals surface area contributed by atoms with Gasteiger partial charge in [-0.25, -0.2) is 9.18 Å². The molecular formula is C15H21FN2O2. The third-order valence-electron chi connectivity index (χ3n) is 3.91. The Morgan fingerprint density at radius 2 is 2.25 bits per heavy atom. The first-order valence-electron chi connectivity index (χ1n) is 7.00. The van der Waals surface area contributed by atoms with Gasteiger partial charge in [0.05, 0.1) is 0 Å². The van der Waals surface area contributed by atoms with Gasteiger partial charge in [-0.1, -0.05) is 12.5 Å². The highest BCUT2D eigenvalue weighted by atomic mass is 19.1. The van der Waals surface area contributed by atoms with Crippen molar-refractivity contribution >= 4 is 11.8 Å². The lowest BCUT2D eigenvalue weighted by molar-refractivity contribution is 0.0769. The molecule has 0 heterocycles. The summed E-state index contributed by atoms with van der Waals surface area (Å²) in [6.07, 6.45) is 2.61. The molecule has 0 aliphatic heterocycles. The zero-order valence-corrected chi connectivity index (χ0v) is 11.9. The zero-order valence-electron chi connectivity index (χ0n) is 11.9. The number of benzene rings is 1. The number of halogens is 1. The monoisotopic (exact) mass is 280 g/mol. The lowest BCUT2D eigenvalue weighted by Crippen LogP contribution is -2.37. The molecule has 4 nitrogen and oxygen atoms in total. The van der Waals surface area contributed by atoms with E-state index in [0.29, 0.717) is 17.6 Å². The van der Waals surface area contributed by atoms with E-state index < -0.39 is 6.09 Å². The van der Waals surface area contributed by atoms with E-state index in [4.69, 9.17) is 4.74 Å². The first-order chi connectivity index (χ1) is 9.60. The number of nitrogens with one attached hydrogen (secondary N) is 2. The standard InChI is InChI=1S/C15H21FN2O2/c1-10(13-7-4-8-14(13)17-2)20-15(19)18-12-6-3-5-11(16)9-12/h3,5-6,9-10,13-14,17H,4,7-8H2,1-2H3,(H,18,19). The molecule has 0 bridgehead atoms. The molecule has 1 aliphatic carbocycles. The summed E-state index contributed by atoms with van der Waals surface area (Å²) >= 11 is 0. The van der Waals surface area contributed by atoms with Gasteiger partial charge < -0.3 is 10.1 Å². The van der Waals surface area contributed by atoms with Crippen LogP contribution in [0.5, 0.6) is 0 Å². The van der Waals surface area contributed by atoms with Gasteiger partial charge in [0.1, 0.15) is 11.9 Å². The lowest BCUT2D eigenvalue weighted by atomic mass is 9.98. The summed E-state index contributed by atoms with van der Waals surface area (Å²) in [6, 6.07) is 6.16. The van der Waals surface area contributed by atoms with Crippen molar-refractivity contribution in [1.82, 2.24) is 5.32 Å². The van der Waals surface area contributed by atoms with Crippen molar-refractivity contribution in [2.75, 3.05) is 12.4 Å². The van der Waals surface area contributed by atoms with Gasteiger partial charge in [0, 0.05) is 17.6 Å². The highest BCUT2D eigenvalue weighted by Crippen LogP contribution is 2.29. The third-order valence-corrected chi connectivity index (χ3v) is 3.91. The van der Waals surface area contributed by atoms with E-state index >= 15 is 0 Å². The Bertz CT molecular complexity index is 467. The van der Waals surface area contributed by atoms with E-state index in [1.54, 1.807) is 12.1 Å². The topological polar surface area (TPSA) is 50.4 Å². The fourth-order valence-corrected chi connectivity index (χ4v) is 2.88. The second kappa shape index (κ2) is 6.70. The number of carbonyl (C=O) groups excluding carboxylic acids is 1. The Balaban J connectivity index is 1.88. The van der Waals surface area contributed by atoms with Gasteiger partial charge in [-0.3, -0.25) is 5.32 Å². The molecule has 1 aromatic carbocycles. The van der Waals surface area contributed by atoms with Gasteiger partial charge in [0.25, 0.3) is 0 Å². The first-order valence-corrected chi connectivity index (χ1v) is 7.00. The quantitative estimate of drug-likeness (QED) is 0.890. The normalized spacial score (nSPS) is 23.4. The van der Waals surface area contributed by atoms with E-state index in [0.717, 1.165) is 19.3 Å². The van der Waals surface area contributed by atoms with Gasteiger partial charge >= 0.3 is 6.09 Å². The summed E-state index contributed by atoms with van der Waals surface area (Å²) in [4.78, 5) is 11.8. The van der Waals surface area contributed by atoms with E-state index in [2.05, 4.69) is 10.6 Å². The highest BCUT2D eigenvalue weighted by Gasteiger charge is 2.32. The molecule has 5 heteroatoms. The minimum absolute atomic E-state index is 0.163. The predicted octanol–water partition coefficient (Wildman–Crippen LogP) is 3.15. The van der Waals surface area contributed by atoms with Gasteiger partial charge in [-0.15, -0.1) is 0 Å². The summed E-state index contributed by atoms with van der Waals surface area (Å²) in [5.41, 5.74) is 0.402. The van der Waals surface area contributed by atoms with Crippen molar-refractivity contribution in [1.29, 1.82) is 0 Å². The maximum atomic E-state index is 13.0. The zero-order chi connectivity index (χ0) is 14.5. The Labute approximate surface area is 118 Å². The third kappa shape index (κ3) is 3.70. The van der Waals surface area contributed by atoms with Crippen LogP contribution in [-0.2, 0) is 4.74 Å². The molecule has 2 rings (SSSR count). The molecule has 110 valence electrons. The van der Waals surface area contributed by atoms with Crippen LogP contribution in [0.3, 0.4) is 0 Å². The number of amides is 1. The molecule has 1 amide bonds. The van der Waals surface area contributed by atoms with Crippen molar-refractivity contribution < 1.29 is 13.9 Å². The molecule has 0 aromatic heterocycles. The summed E-state index contributed by atoms with van der Waals surface area (Å²) in [6.45, 7) is 1.91. The smallest absolute Gasteiger partial charge is 0.411 e. The Kier molecular flexibility index (Phi) is 4.95. The highest BCUT2D eigenvalue weighted by molar-refractivity contribution is 5.84. The average molecular weight is 280 g/mol. The molecule has 20 heavy (non-hydrogen) atoms. The first kappa shape index (κ1) is 14.8. The van der Waals surface area contributed by atoms with Crippen LogP contribution in [0, 0.1) is 11.7 Å². The number of anilines is 1. The number of hydrogen-bond acceptors (Lipinski definition) is 3. The molecule has 1 fully saturated rings. The van der Waals surface area contributed by atoms with Gasteiger partial charge in [-0.2, -0.15) is 0 Å². The van der Waals surface area contributed by atoms with Crippen LogP contribution in [0.4, 0.5) is 14.9 Å². The van der Waals surface area contributed by atoms with E-state index in [1.807, 2.05) is 14.0 Å². The van der Waals surface area contributed by atoms with Crippen LogP contribution in [0.2, 0.25) is 0 Å². The van der Waals surface area contributed by atoms with Crippen molar-refractivity contribution in [3.63, 3.8) is 0 Å². The maximum Gasteiger partial charge on any atom is 0.411 e. The average Bonchev–Trinajstić information content (AvgIpc) is 2.86. The lowest BCUT2D eigenvalue weighted by Gasteiger charge is -2.25. The molecular weight excluding hydrogens is 259 g/mol.